The lowest BCUT2D eigenvalue weighted by atomic mass is 9.93. The number of hydrogen-bond donors (Lipinski definition) is 1. The van der Waals surface area contributed by atoms with Crippen LogP contribution in [0.25, 0.3) is 11.0 Å². The molecule has 0 radical (unpaired) electrons. The van der Waals surface area contributed by atoms with E-state index >= 15 is 0 Å². The first kappa shape index (κ1) is 29.4. The van der Waals surface area contributed by atoms with Gasteiger partial charge in [-0.2, -0.15) is 0 Å². The minimum atomic E-state index is -0.938. The molecule has 0 amide bonds. The number of benzene rings is 2. The molecule has 4 heterocycles. The molecule has 2 aliphatic heterocycles. The highest BCUT2D eigenvalue weighted by molar-refractivity contribution is 5.99. The summed E-state index contributed by atoms with van der Waals surface area (Å²) in [6.45, 7) is 4.26. The van der Waals surface area contributed by atoms with Gasteiger partial charge in [-0.15, -0.1) is 0 Å². The van der Waals surface area contributed by atoms with Gasteiger partial charge in [-0.05, 0) is 75.5 Å². The summed E-state index contributed by atoms with van der Waals surface area (Å²) < 4.78 is 19.5. The monoisotopic (exact) mass is 610 g/mol. The molecule has 3 aliphatic rings. The fourth-order valence-corrected chi connectivity index (χ4v) is 6.34. The zero-order valence-corrected chi connectivity index (χ0v) is 25.5. The fourth-order valence-electron chi connectivity index (χ4n) is 6.34. The Morgan fingerprint density at radius 2 is 1.78 bits per heavy atom. The maximum absolute atomic E-state index is 12.5. The molecule has 1 saturated carbocycles. The second-order valence-electron chi connectivity index (χ2n) is 12.3. The summed E-state index contributed by atoms with van der Waals surface area (Å²) in [5.74, 6) is 1.91. The average Bonchev–Trinajstić information content (AvgIpc) is 3.84. The van der Waals surface area contributed by atoms with Gasteiger partial charge in [0.25, 0.3) is 0 Å². The number of carboxylic acid groups (broad SMARTS) is 1. The number of carbonyl (C=O) groups excluding carboxylic acids is 1. The first-order valence-electron chi connectivity index (χ1n) is 15.8. The molecule has 1 N–H and O–H groups in total. The van der Waals surface area contributed by atoms with Crippen LogP contribution in [0.3, 0.4) is 0 Å². The van der Waals surface area contributed by atoms with Crippen molar-refractivity contribution in [3.8, 4) is 11.6 Å². The van der Waals surface area contributed by atoms with Crippen LogP contribution < -0.4 is 9.47 Å². The Morgan fingerprint density at radius 1 is 0.978 bits per heavy atom. The molecule has 2 saturated heterocycles. The van der Waals surface area contributed by atoms with Crippen molar-refractivity contribution in [2.24, 2.45) is 5.92 Å². The molecule has 10 nitrogen and oxygen atoms in total. The number of aromatic carboxylic acids is 1. The van der Waals surface area contributed by atoms with Crippen molar-refractivity contribution in [2.75, 3.05) is 26.8 Å². The Labute approximate surface area is 261 Å². The van der Waals surface area contributed by atoms with Crippen LogP contribution in [-0.4, -0.2) is 69.2 Å². The van der Waals surface area contributed by atoms with Crippen molar-refractivity contribution in [1.29, 1.82) is 0 Å². The van der Waals surface area contributed by atoms with E-state index in [1.807, 2.05) is 30.3 Å². The number of pyridine rings is 1. The highest BCUT2D eigenvalue weighted by Gasteiger charge is 2.31. The molecule has 1 atom stereocenters. The first-order chi connectivity index (χ1) is 21.9. The first-order valence-corrected chi connectivity index (χ1v) is 15.8. The van der Waals surface area contributed by atoms with E-state index in [-0.39, 0.29) is 23.4 Å². The zero-order valence-electron chi connectivity index (χ0n) is 25.5. The number of carbonyl (C=O) groups is 2. The lowest BCUT2D eigenvalue weighted by Crippen LogP contribution is -2.35. The number of Topliss-reactive ketones (excluding diaryl/α,β-unsaturated/α-hetero) is 1. The Kier molecular flexibility index (Phi) is 8.25. The summed E-state index contributed by atoms with van der Waals surface area (Å²) in [5.41, 5.74) is 4.52. The predicted octanol–water partition coefficient (Wildman–Crippen LogP) is 5.48. The Bertz CT molecular complexity index is 1720. The number of ether oxygens (including phenoxy) is 3. The van der Waals surface area contributed by atoms with E-state index < -0.39 is 5.97 Å². The third-order valence-electron chi connectivity index (χ3n) is 9.27. The number of methoxy groups -OCH3 is 1. The normalized spacial score (nSPS) is 18.9. The van der Waals surface area contributed by atoms with Crippen LogP contribution in [0, 0.1) is 5.92 Å². The van der Waals surface area contributed by atoms with Gasteiger partial charge in [0.2, 0.25) is 5.88 Å². The van der Waals surface area contributed by atoms with Crippen molar-refractivity contribution in [3.63, 3.8) is 0 Å². The maximum atomic E-state index is 12.5. The Hall–Kier alpha value is -4.28. The highest BCUT2D eigenvalue weighted by atomic mass is 16.5. The SMILES string of the molecule is COc1cc(C(=O)C2CC2)ccc1COc1cccc(C2CCN(Cc3nc4ccc(C(=O)O)cc4n3CC3CCO3)CC2)n1. The van der Waals surface area contributed by atoms with Crippen LogP contribution >= 0.6 is 0 Å². The molecule has 45 heavy (non-hydrogen) atoms. The topological polar surface area (TPSA) is 116 Å². The third-order valence-corrected chi connectivity index (χ3v) is 9.27. The number of fused-ring (bicyclic) bond motifs is 1. The largest absolute Gasteiger partial charge is 0.496 e. The van der Waals surface area contributed by atoms with Gasteiger partial charge in [0.1, 0.15) is 18.2 Å². The van der Waals surface area contributed by atoms with E-state index in [1.165, 1.54) is 0 Å². The number of hydrogen-bond acceptors (Lipinski definition) is 8. The van der Waals surface area contributed by atoms with Gasteiger partial charge in [0.15, 0.2) is 5.78 Å². The summed E-state index contributed by atoms with van der Waals surface area (Å²) >= 11 is 0. The highest BCUT2D eigenvalue weighted by Crippen LogP contribution is 2.34. The molecule has 10 heteroatoms. The van der Waals surface area contributed by atoms with Crippen LogP contribution in [0.5, 0.6) is 11.6 Å². The number of carboxylic acids is 1. The zero-order chi connectivity index (χ0) is 30.9. The molecule has 1 aliphatic carbocycles. The number of imidazole rings is 1. The quantitative estimate of drug-likeness (QED) is 0.208. The van der Waals surface area contributed by atoms with Crippen LogP contribution in [0.15, 0.2) is 54.6 Å². The molecule has 4 aromatic rings. The average molecular weight is 611 g/mol. The van der Waals surface area contributed by atoms with E-state index in [0.29, 0.717) is 42.8 Å². The lowest BCUT2D eigenvalue weighted by Gasteiger charge is -2.32. The second-order valence-corrected chi connectivity index (χ2v) is 12.3. The van der Waals surface area contributed by atoms with E-state index in [2.05, 4.69) is 15.5 Å². The molecule has 7 rings (SSSR count). The lowest BCUT2D eigenvalue weighted by molar-refractivity contribution is -0.0592. The van der Waals surface area contributed by atoms with Gasteiger partial charge >= 0.3 is 5.97 Å². The van der Waals surface area contributed by atoms with Crippen molar-refractivity contribution < 1.29 is 28.9 Å². The number of nitrogens with zero attached hydrogens (tertiary/aromatic N) is 4. The number of likely N-dealkylation sites (tertiary alicyclic amines) is 1. The van der Waals surface area contributed by atoms with Gasteiger partial charge in [-0.25, -0.2) is 14.8 Å². The van der Waals surface area contributed by atoms with E-state index in [9.17, 15) is 14.7 Å². The van der Waals surface area contributed by atoms with Gasteiger partial charge < -0.3 is 23.9 Å². The van der Waals surface area contributed by atoms with Crippen LogP contribution in [0.4, 0.5) is 0 Å². The summed E-state index contributed by atoms with van der Waals surface area (Å²) in [7, 11) is 1.61. The number of piperidine rings is 1. The molecular weight excluding hydrogens is 572 g/mol. The summed E-state index contributed by atoms with van der Waals surface area (Å²) in [6, 6.07) is 16.7. The van der Waals surface area contributed by atoms with Crippen LogP contribution in [-0.2, 0) is 24.4 Å². The molecule has 2 aromatic heterocycles. The van der Waals surface area contributed by atoms with Crippen molar-refractivity contribution in [2.45, 2.75) is 63.8 Å². The molecular formula is C35H38N4O6. The molecule has 3 fully saturated rings. The van der Waals surface area contributed by atoms with Gasteiger partial charge in [0.05, 0.1) is 42.9 Å². The molecule has 0 spiro atoms. The van der Waals surface area contributed by atoms with Gasteiger partial charge in [-0.1, -0.05) is 18.2 Å². The summed E-state index contributed by atoms with van der Waals surface area (Å²) in [6.07, 6.45) is 5.02. The maximum Gasteiger partial charge on any atom is 0.335 e. The van der Waals surface area contributed by atoms with E-state index in [1.54, 1.807) is 25.3 Å². The number of aromatic nitrogens is 3. The fraction of sp³-hybridized carbons (Fsp3) is 0.429. The standard InChI is InChI=1S/C35H38N4O6/c1-43-31-18-24(34(40)23-5-6-23)7-8-26(31)21-45-33-4-2-3-28(37-33)22-11-14-38(15-12-22)20-32-36-29-10-9-25(35(41)42)17-30(29)39(32)19-27-13-16-44-27/h2-4,7-10,17-18,22-23,27H,5-6,11-16,19-21H2,1H3,(H,41,42). The van der Waals surface area contributed by atoms with Crippen LogP contribution in [0.1, 0.15) is 75.8 Å². The van der Waals surface area contributed by atoms with Gasteiger partial charge in [0, 0.05) is 41.3 Å². The molecule has 1 unspecified atom stereocenters. The Balaban J connectivity index is 0.984. The minimum Gasteiger partial charge on any atom is -0.496 e. The van der Waals surface area contributed by atoms with E-state index in [0.717, 1.165) is 79.9 Å². The smallest absolute Gasteiger partial charge is 0.335 e. The van der Waals surface area contributed by atoms with Gasteiger partial charge in [-0.3, -0.25) is 9.69 Å². The van der Waals surface area contributed by atoms with Crippen molar-refractivity contribution in [1.82, 2.24) is 19.4 Å². The van der Waals surface area contributed by atoms with E-state index in [4.69, 9.17) is 24.2 Å². The van der Waals surface area contributed by atoms with Crippen molar-refractivity contribution >= 4 is 22.8 Å². The minimum absolute atomic E-state index is 0.137. The number of rotatable bonds is 12. The summed E-state index contributed by atoms with van der Waals surface area (Å²) in [5, 5.41) is 9.53. The molecule has 0 bridgehead atoms. The molecule has 234 valence electrons. The Morgan fingerprint density at radius 3 is 2.49 bits per heavy atom. The second kappa shape index (κ2) is 12.6. The predicted molar refractivity (Wildman–Crippen MR) is 167 cm³/mol. The third kappa shape index (κ3) is 6.43. The summed E-state index contributed by atoms with van der Waals surface area (Å²) in [4.78, 5) is 36.3. The van der Waals surface area contributed by atoms with Crippen LogP contribution in [0.2, 0.25) is 0 Å². The number of ketones is 1. The van der Waals surface area contributed by atoms with Crippen molar-refractivity contribution in [3.05, 3.63) is 82.8 Å². The molecule has 2 aromatic carbocycles.